The predicted molar refractivity (Wildman–Crippen MR) is 120 cm³/mol. The summed E-state index contributed by atoms with van der Waals surface area (Å²) in [5, 5.41) is 13.0. The topological polar surface area (TPSA) is 83.7 Å². The van der Waals surface area contributed by atoms with E-state index in [2.05, 4.69) is 16.6 Å². The van der Waals surface area contributed by atoms with Crippen molar-refractivity contribution in [2.24, 2.45) is 5.10 Å². The third-order valence-corrected chi connectivity index (χ3v) is 4.62. The Labute approximate surface area is 194 Å². The average Bonchev–Trinajstić information content (AvgIpc) is 2.83. The van der Waals surface area contributed by atoms with E-state index in [9.17, 15) is 23.2 Å². The van der Waals surface area contributed by atoms with Gasteiger partial charge in [0.05, 0.1) is 30.0 Å². The molecule has 0 saturated heterocycles. The standard InChI is InChI=1S/C25H20F3N3O3/c1-2-33-23-12-17(10-11-22(23)34-16-20-7-4-3-6-19(20)14-29)15-30-31-24(32)18-8-5-9-21(13-18)25(26,27)28/h3-13,15H,2,16H2,1H3,(H,31,32)/b30-15-. The van der Waals surface area contributed by atoms with E-state index in [0.29, 0.717) is 29.2 Å². The smallest absolute Gasteiger partial charge is 0.416 e. The van der Waals surface area contributed by atoms with Crippen LogP contribution in [0.5, 0.6) is 11.5 Å². The highest BCUT2D eigenvalue weighted by Crippen LogP contribution is 2.30. The molecule has 9 heteroatoms. The fourth-order valence-electron chi connectivity index (χ4n) is 2.97. The summed E-state index contributed by atoms with van der Waals surface area (Å²) in [7, 11) is 0. The van der Waals surface area contributed by atoms with Crippen LogP contribution in [0.3, 0.4) is 0 Å². The predicted octanol–water partition coefficient (Wildman–Crippen LogP) is 5.32. The summed E-state index contributed by atoms with van der Waals surface area (Å²) >= 11 is 0. The van der Waals surface area contributed by atoms with Crippen LogP contribution in [0.2, 0.25) is 0 Å². The Kier molecular flexibility index (Phi) is 7.88. The molecule has 0 bridgehead atoms. The van der Waals surface area contributed by atoms with Crippen molar-refractivity contribution in [2.75, 3.05) is 6.61 Å². The van der Waals surface area contributed by atoms with Gasteiger partial charge in [-0.15, -0.1) is 0 Å². The fraction of sp³-hybridized carbons (Fsp3) is 0.160. The Morgan fingerprint density at radius 1 is 1.06 bits per heavy atom. The van der Waals surface area contributed by atoms with Gasteiger partial charge in [0, 0.05) is 11.1 Å². The van der Waals surface area contributed by atoms with Gasteiger partial charge in [0.25, 0.3) is 5.91 Å². The van der Waals surface area contributed by atoms with Crippen molar-refractivity contribution in [3.63, 3.8) is 0 Å². The monoisotopic (exact) mass is 467 g/mol. The first-order chi connectivity index (χ1) is 16.3. The summed E-state index contributed by atoms with van der Waals surface area (Å²) in [5.74, 6) is 0.119. The van der Waals surface area contributed by atoms with Gasteiger partial charge in [-0.05, 0) is 55.0 Å². The molecule has 34 heavy (non-hydrogen) atoms. The van der Waals surface area contributed by atoms with Crippen molar-refractivity contribution in [3.05, 3.63) is 94.5 Å². The summed E-state index contributed by atoms with van der Waals surface area (Å²) in [5.41, 5.74) is 2.94. The number of hydrogen-bond donors (Lipinski definition) is 1. The van der Waals surface area contributed by atoms with Gasteiger partial charge in [-0.3, -0.25) is 4.79 Å². The highest BCUT2D eigenvalue weighted by atomic mass is 19.4. The minimum atomic E-state index is -4.55. The van der Waals surface area contributed by atoms with Gasteiger partial charge in [0.15, 0.2) is 11.5 Å². The zero-order chi connectivity index (χ0) is 24.6. The van der Waals surface area contributed by atoms with Crippen molar-refractivity contribution in [2.45, 2.75) is 19.7 Å². The van der Waals surface area contributed by atoms with E-state index in [-0.39, 0.29) is 12.2 Å². The first kappa shape index (κ1) is 24.3. The number of nitrogens with one attached hydrogen (secondary N) is 1. The van der Waals surface area contributed by atoms with Gasteiger partial charge in [-0.2, -0.15) is 23.5 Å². The van der Waals surface area contributed by atoms with Crippen molar-refractivity contribution in [1.82, 2.24) is 5.43 Å². The molecule has 6 nitrogen and oxygen atoms in total. The largest absolute Gasteiger partial charge is 0.490 e. The van der Waals surface area contributed by atoms with Crippen LogP contribution in [0, 0.1) is 11.3 Å². The number of carbonyl (C=O) groups excluding carboxylic acids is 1. The number of benzene rings is 3. The minimum absolute atomic E-state index is 0.164. The molecule has 0 aromatic heterocycles. The van der Waals surface area contributed by atoms with Gasteiger partial charge >= 0.3 is 6.18 Å². The van der Waals surface area contributed by atoms with Crippen LogP contribution in [0.4, 0.5) is 13.2 Å². The highest BCUT2D eigenvalue weighted by molar-refractivity contribution is 5.95. The third kappa shape index (κ3) is 6.36. The maximum absolute atomic E-state index is 12.8. The summed E-state index contributed by atoms with van der Waals surface area (Å²) in [4.78, 5) is 12.1. The van der Waals surface area contributed by atoms with Gasteiger partial charge in [-0.25, -0.2) is 5.43 Å². The average molecular weight is 467 g/mol. The molecule has 0 spiro atoms. The molecule has 0 heterocycles. The van der Waals surface area contributed by atoms with Gasteiger partial charge in [-0.1, -0.05) is 24.3 Å². The van der Waals surface area contributed by atoms with Crippen LogP contribution in [-0.4, -0.2) is 18.7 Å². The lowest BCUT2D eigenvalue weighted by Crippen LogP contribution is -2.18. The fourth-order valence-corrected chi connectivity index (χ4v) is 2.97. The Bertz CT molecular complexity index is 1230. The normalized spacial score (nSPS) is 11.1. The molecule has 0 unspecified atom stereocenters. The molecule has 0 aliphatic rings. The first-order valence-electron chi connectivity index (χ1n) is 10.2. The maximum atomic E-state index is 12.8. The molecule has 0 aliphatic carbocycles. The lowest BCUT2D eigenvalue weighted by molar-refractivity contribution is -0.137. The third-order valence-electron chi connectivity index (χ3n) is 4.62. The molecule has 3 rings (SSSR count). The minimum Gasteiger partial charge on any atom is -0.490 e. The number of carbonyl (C=O) groups is 1. The second kappa shape index (κ2) is 11.0. The van der Waals surface area contributed by atoms with E-state index in [1.165, 1.54) is 12.3 Å². The lowest BCUT2D eigenvalue weighted by Gasteiger charge is -2.13. The van der Waals surface area contributed by atoms with E-state index in [0.717, 1.165) is 23.8 Å². The molecule has 1 amide bonds. The number of halogens is 3. The van der Waals surface area contributed by atoms with Crippen LogP contribution in [0.1, 0.15) is 39.5 Å². The summed E-state index contributed by atoms with van der Waals surface area (Å²) in [6.45, 7) is 2.35. The van der Waals surface area contributed by atoms with Gasteiger partial charge in [0.1, 0.15) is 6.61 Å². The summed E-state index contributed by atoms with van der Waals surface area (Å²) < 4.78 is 49.9. The van der Waals surface area contributed by atoms with Gasteiger partial charge in [0.2, 0.25) is 0 Å². The quantitative estimate of drug-likeness (QED) is 0.359. The highest BCUT2D eigenvalue weighted by Gasteiger charge is 2.30. The molecule has 174 valence electrons. The number of ether oxygens (including phenoxy) is 2. The van der Waals surface area contributed by atoms with Crippen molar-refractivity contribution >= 4 is 12.1 Å². The second-order valence-electron chi connectivity index (χ2n) is 6.97. The van der Waals surface area contributed by atoms with Crippen molar-refractivity contribution in [1.29, 1.82) is 5.26 Å². The van der Waals surface area contributed by atoms with E-state index >= 15 is 0 Å². The molecular weight excluding hydrogens is 447 g/mol. The molecule has 1 N–H and O–H groups in total. The zero-order valence-electron chi connectivity index (χ0n) is 18.1. The van der Waals surface area contributed by atoms with E-state index in [1.54, 1.807) is 36.4 Å². The molecule has 0 fully saturated rings. The number of hydrazone groups is 1. The number of hydrogen-bond acceptors (Lipinski definition) is 5. The SMILES string of the molecule is CCOc1cc(/C=N\NC(=O)c2cccc(C(F)(F)F)c2)ccc1OCc1ccccc1C#N. The number of rotatable bonds is 8. The molecule has 0 atom stereocenters. The molecule has 0 saturated carbocycles. The summed E-state index contributed by atoms with van der Waals surface area (Å²) in [6.07, 6.45) is -3.21. The Balaban J connectivity index is 1.69. The van der Waals surface area contributed by atoms with Crippen LogP contribution in [0.25, 0.3) is 0 Å². The Morgan fingerprint density at radius 3 is 2.59 bits per heavy atom. The second-order valence-corrected chi connectivity index (χ2v) is 6.97. The van der Waals surface area contributed by atoms with Crippen LogP contribution >= 0.6 is 0 Å². The zero-order valence-corrected chi connectivity index (χ0v) is 18.1. The summed E-state index contributed by atoms with van der Waals surface area (Å²) in [6, 6.07) is 18.3. The Morgan fingerprint density at radius 2 is 1.85 bits per heavy atom. The molecule has 3 aromatic carbocycles. The molecular formula is C25H20F3N3O3. The van der Waals surface area contributed by atoms with Crippen molar-refractivity contribution in [3.8, 4) is 17.6 Å². The maximum Gasteiger partial charge on any atom is 0.416 e. The number of alkyl halides is 3. The van der Waals surface area contributed by atoms with Crippen LogP contribution in [0.15, 0.2) is 71.8 Å². The van der Waals surface area contributed by atoms with Crippen LogP contribution in [-0.2, 0) is 12.8 Å². The van der Waals surface area contributed by atoms with Gasteiger partial charge < -0.3 is 9.47 Å². The molecule has 0 radical (unpaired) electrons. The van der Waals surface area contributed by atoms with E-state index in [1.807, 2.05) is 13.0 Å². The number of nitriles is 1. The van der Waals surface area contributed by atoms with E-state index < -0.39 is 17.6 Å². The van der Waals surface area contributed by atoms with Crippen LogP contribution < -0.4 is 14.9 Å². The Hall–Kier alpha value is -4.32. The lowest BCUT2D eigenvalue weighted by atomic mass is 10.1. The number of amides is 1. The number of nitrogens with zero attached hydrogens (tertiary/aromatic N) is 2. The van der Waals surface area contributed by atoms with E-state index in [4.69, 9.17) is 9.47 Å². The van der Waals surface area contributed by atoms with Crippen molar-refractivity contribution < 1.29 is 27.4 Å². The molecule has 0 aliphatic heterocycles. The molecule has 3 aromatic rings. The first-order valence-corrected chi connectivity index (χ1v) is 10.2.